The monoisotopic (exact) mass is 665 g/mol. The minimum atomic E-state index is -0.932. The van der Waals surface area contributed by atoms with Crippen molar-refractivity contribution >= 4 is 45.4 Å². The Morgan fingerprint density at radius 2 is 1.67 bits per heavy atom. The molecule has 0 unspecified atom stereocenters. The summed E-state index contributed by atoms with van der Waals surface area (Å²) < 4.78 is 18.2. The molecule has 0 bridgehead atoms. The van der Waals surface area contributed by atoms with Crippen LogP contribution in [0.3, 0.4) is 0 Å². The Labute approximate surface area is 276 Å². The summed E-state index contributed by atoms with van der Waals surface area (Å²) in [4.78, 5) is 57.8. The molecule has 0 spiro atoms. The lowest BCUT2D eigenvalue weighted by atomic mass is 10.0. The van der Waals surface area contributed by atoms with Gasteiger partial charge in [0.2, 0.25) is 11.8 Å². The predicted molar refractivity (Wildman–Crippen MR) is 177 cm³/mol. The molecule has 0 fully saturated rings. The van der Waals surface area contributed by atoms with Crippen molar-refractivity contribution < 1.29 is 38.2 Å². The molecule has 0 aliphatic carbocycles. The van der Waals surface area contributed by atoms with Crippen LogP contribution >= 0.6 is 11.3 Å². The van der Waals surface area contributed by atoms with Crippen molar-refractivity contribution in [3.8, 4) is 0 Å². The molecule has 1 aromatic heterocycles. The highest BCUT2D eigenvalue weighted by molar-refractivity contribution is 7.17. The molecule has 5 amide bonds. The summed E-state index contributed by atoms with van der Waals surface area (Å²) >= 11 is 1.60. The number of urea groups is 1. The molecule has 13 nitrogen and oxygen atoms in total. The number of ether oxygens (including phenoxy) is 3. The SMILES string of the molecule is CCNC(=O)NOCC(=O)N[C@@H](CCCCNC(=O)OC(C)(C)C)C(=O)N(Cc1csc2ccccc12)[C@@H](C)C(OCC)OCC. The third kappa shape index (κ3) is 13.5. The molecule has 0 saturated heterocycles. The third-order valence-corrected chi connectivity index (χ3v) is 7.67. The van der Waals surface area contributed by atoms with Crippen LogP contribution in [0, 0.1) is 0 Å². The number of hydrogen-bond acceptors (Lipinski definition) is 9. The summed E-state index contributed by atoms with van der Waals surface area (Å²) in [6.45, 7) is 14.0. The fraction of sp³-hybridized carbons (Fsp3) is 0.625. The number of thiophene rings is 1. The first-order valence-corrected chi connectivity index (χ1v) is 16.7. The van der Waals surface area contributed by atoms with Crippen LogP contribution < -0.4 is 21.4 Å². The number of rotatable bonds is 19. The number of fused-ring (bicyclic) bond motifs is 1. The summed E-state index contributed by atoms with van der Waals surface area (Å²) in [5.41, 5.74) is 2.49. The second-order valence-electron chi connectivity index (χ2n) is 11.5. The molecule has 2 aromatic rings. The highest BCUT2D eigenvalue weighted by Crippen LogP contribution is 2.28. The van der Waals surface area contributed by atoms with Gasteiger partial charge in [0, 0.05) is 37.5 Å². The first-order valence-electron chi connectivity index (χ1n) is 15.8. The van der Waals surface area contributed by atoms with E-state index in [-0.39, 0.29) is 18.9 Å². The molecular formula is C32H51N5O8S. The Morgan fingerprint density at radius 1 is 0.978 bits per heavy atom. The maximum absolute atomic E-state index is 14.4. The molecule has 258 valence electrons. The summed E-state index contributed by atoms with van der Waals surface area (Å²) in [6, 6.07) is 5.97. The molecule has 14 heteroatoms. The topological polar surface area (TPSA) is 157 Å². The van der Waals surface area contributed by atoms with E-state index in [1.807, 2.05) is 50.4 Å². The Hall–Kier alpha value is -3.46. The van der Waals surface area contributed by atoms with Gasteiger partial charge in [0.25, 0.3) is 0 Å². The average Bonchev–Trinajstić information content (AvgIpc) is 3.40. The zero-order valence-electron chi connectivity index (χ0n) is 28.1. The number of amides is 5. The molecule has 0 aliphatic rings. The van der Waals surface area contributed by atoms with Crippen molar-refractivity contribution in [2.75, 3.05) is 32.9 Å². The summed E-state index contributed by atoms with van der Waals surface area (Å²) in [5, 5.41) is 11.1. The quantitative estimate of drug-likeness (QED) is 0.0975. The van der Waals surface area contributed by atoms with Crippen LogP contribution in [-0.4, -0.2) is 85.7 Å². The van der Waals surface area contributed by atoms with Gasteiger partial charge in [-0.05, 0) is 90.1 Å². The van der Waals surface area contributed by atoms with E-state index in [0.29, 0.717) is 39.1 Å². The third-order valence-electron chi connectivity index (χ3n) is 6.66. The molecular weight excluding hydrogens is 614 g/mol. The van der Waals surface area contributed by atoms with Crippen molar-refractivity contribution in [3.05, 3.63) is 35.2 Å². The molecule has 0 radical (unpaired) electrons. The van der Waals surface area contributed by atoms with Gasteiger partial charge >= 0.3 is 12.1 Å². The fourth-order valence-electron chi connectivity index (χ4n) is 4.60. The molecule has 1 heterocycles. The number of carbonyl (C=O) groups excluding carboxylic acids is 4. The Kier molecular flexibility index (Phi) is 16.8. The van der Waals surface area contributed by atoms with Crippen LogP contribution in [0.15, 0.2) is 29.6 Å². The van der Waals surface area contributed by atoms with Crippen LogP contribution in [0.5, 0.6) is 0 Å². The standard InChI is InChI=1S/C32H51N5O8S/c1-8-33-30(40)36-44-20-27(38)35-25(16-13-14-18-34-31(41)45-32(5,6)7)28(39)37(22(4)29(42-9-2)43-10-3)19-23-21-46-26-17-12-11-15-24(23)26/h11-12,15,17,21-22,25,29H,8-10,13-14,16,18-20H2,1-7H3,(H,34,41)(H,35,38)(H2,33,36,40)/t22-,25-/m0/s1. The summed E-state index contributed by atoms with van der Waals surface area (Å²) in [5.74, 6) is -0.904. The van der Waals surface area contributed by atoms with Crippen LogP contribution in [0.1, 0.15) is 73.3 Å². The van der Waals surface area contributed by atoms with Gasteiger partial charge < -0.3 is 35.1 Å². The van der Waals surface area contributed by atoms with Gasteiger partial charge in [-0.25, -0.2) is 15.1 Å². The lowest BCUT2D eigenvalue weighted by Gasteiger charge is -2.36. The lowest BCUT2D eigenvalue weighted by Crippen LogP contribution is -2.55. The van der Waals surface area contributed by atoms with Gasteiger partial charge in [-0.15, -0.1) is 11.3 Å². The Bertz CT molecular complexity index is 1240. The molecule has 2 atom stereocenters. The van der Waals surface area contributed by atoms with Crippen LogP contribution in [0.4, 0.5) is 9.59 Å². The number of carbonyl (C=O) groups is 4. The van der Waals surface area contributed by atoms with E-state index in [1.54, 1.807) is 43.9 Å². The van der Waals surface area contributed by atoms with Gasteiger partial charge in [-0.1, -0.05) is 18.2 Å². The molecule has 4 N–H and O–H groups in total. The first-order chi connectivity index (χ1) is 21.9. The number of nitrogens with zero attached hydrogens (tertiary/aromatic N) is 1. The van der Waals surface area contributed by atoms with E-state index in [0.717, 1.165) is 15.6 Å². The smallest absolute Gasteiger partial charge is 0.407 e. The van der Waals surface area contributed by atoms with E-state index in [1.165, 1.54) is 0 Å². The number of benzene rings is 1. The van der Waals surface area contributed by atoms with Crippen LogP contribution in [0.25, 0.3) is 10.1 Å². The first kappa shape index (κ1) is 38.7. The van der Waals surface area contributed by atoms with Gasteiger partial charge in [0.1, 0.15) is 11.6 Å². The average molecular weight is 666 g/mol. The Balaban J connectivity index is 2.27. The maximum atomic E-state index is 14.4. The number of unbranched alkanes of at least 4 members (excludes halogenated alkanes) is 1. The minimum Gasteiger partial charge on any atom is -0.444 e. The van der Waals surface area contributed by atoms with Crippen molar-refractivity contribution in [2.45, 2.75) is 98.2 Å². The van der Waals surface area contributed by atoms with E-state index >= 15 is 0 Å². The fourth-order valence-corrected chi connectivity index (χ4v) is 5.55. The highest BCUT2D eigenvalue weighted by atomic mass is 32.1. The molecule has 46 heavy (non-hydrogen) atoms. The maximum Gasteiger partial charge on any atom is 0.407 e. The zero-order valence-corrected chi connectivity index (χ0v) is 28.9. The van der Waals surface area contributed by atoms with Crippen LogP contribution in [0.2, 0.25) is 0 Å². The molecule has 2 rings (SSSR count). The second-order valence-corrected chi connectivity index (χ2v) is 12.4. The van der Waals surface area contributed by atoms with Crippen molar-refractivity contribution in [1.82, 2.24) is 26.3 Å². The number of hydrogen-bond donors (Lipinski definition) is 4. The van der Waals surface area contributed by atoms with Crippen molar-refractivity contribution in [1.29, 1.82) is 0 Å². The van der Waals surface area contributed by atoms with E-state index in [4.69, 9.17) is 19.0 Å². The number of alkyl carbamates (subject to hydrolysis) is 1. The van der Waals surface area contributed by atoms with E-state index in [2.05, 4.69) is 21.4 Å². The van der Waals surface area contributed by atoms with E-state index < -0.39 is 48.6 Å². The number of nitrogens with one attached hydrogen (secondary N) is 4. The van der Waals surface area contributed by atoms with Crippen LogP contribution in [-0.2, 0) is 35.2 Å². The van der Waals surface area contributed by atoms with Crippen molar-refractivity contribution in [2.24, 2.45) is 0 Å². The summed E-state index contributed by atoms with van der Waals surface area (Å²) in [7, 11) is 0. The molecule has 0 saturated carbocycles. The van der Waals surface area contributed by atoms with E-state index in [9.17, 15) is 19.2 Å². The molecule has 0 aliphatic heterocycles. The highest BCUT2D eigenvalue weighted by Gasteiger charge is 2.34. The minimum absolute atomic E-state index is 0.266. The summed E-state index contributed by atoms with van der Waals surface area (Å²) in [6.07, 6.45) is 0.119. The van der Waals surface area contributed by atoms with Crippen molar-refractivity contribution in [3.63, 3.8) is 0 Å². The second kappa shape index (κ2) is 19.9. The largest absolute Gasteiger partial charge is 0.444 e. The zero-order chi connectivity index (χ0) is 34.1. The molecule has 1 aromatic carbocycles. The van der Waals surface area contributed by atoms with Gasteiger partial charge in [-0.2, -0.15) is 0 Å². The lowest BCUT2D eigenvalue weighted by molar-refractivity contribution is -0.180. The van der Waals surface area contributed by atoms with Gasteiger partial charge in [0.15, 0.2) is 12.9 Å². The Morgan fingerprint density at radius 3 is 2.33 bits per heavy atom. The van der Waals surface area contributed by atoms with Gasteiger partial charge in [0.05, 0.1) is 6.04 Å². The predicted octanol–water partition coefficient (Wildman–Crippen LogP) is 4.45. The normalized spacial score (nSPS) is 12.8. The number of hydroxylamine groups is 1. The van der Waals surface area contributed by atoms with Gasteiger partial charge in [-0.3, -0.25) is 14.4 Å².